The first kappa shape index (κ1) is 13.5. The smallest absolute Gasteiger partial charge is 0.271 e. The predicted octanol–water partition coefficient (Wildman–Crippen LogP) is 3.51. The van der Waals surface area contributed by atoms with Crippen molar-refractivity contribution >= 4 is 28.2 Å². The van der Waals surface area contributed by atoms with E-state index in [1.807, 2.05) is 24.7 Å². The molecule has 0 atom stereocenters. The summed E-state index contributed by atoms with van der Waals surface area (Å²) < 4.78 is 1.84. The number of rotatable bonds is 2. The van der Waals surface area contributed by atoms with Gasteiger partial charge in [-0.3, -0.25) is 10.1 Å². The highest BCUT2D eigenvalue weighted by molar-refractivity contribution is 6.28. The van der Waals surface area contributed by atoms with E-state index >= 15 is 0 Å². The summed E-state index contributed by atoms with van der Waals surface area (Å²) in [7, 11) is 1.84. The van der Waals surface area contributed by atoms with Crippen LogP contribution in [0.25, 0.3) is 22.2 Å². The number of benzene rings is 1. The number of nitro benzene ring substituents is 1. The van der Waals surface area contributed by atoms with Crippen LogP contribution in [0.5, 0.6) is 0 Å². The Morgan fingerprint density at radius 2 is 2.14 bits per heavy atom. The Morgan fingerprint density at radius 1 is 1.38 bits per heavy atom. The van der Waals surface area contributed by atoms with Gasteiger partial charge in [-0.25, -0.2) is 9.97 Å². The summed E-state index contributed by atoms with van der Waals surface area (Å²) in [6.07, 6.45) is 3.55. The zero-order valence-corrected chi connectivity index (χ0v) is 12.1. The molecule has 0 radical (unpaired) electrons. The van der Waals surface area contributed by atoms with E-state index in [1.54, 1.807) is 18.3 Å². The highest BCUT2D eigenvalue weighted by Gasteiger charge is 2.15. The average Bonchev–Trinajstić information content (AvgIpc) is 2.78. The van der Waals surface area contributed by atoms with Gasteiger partial charge in [0.1, 0.15) is 0 Å². The lowest BCUT2D eigenvalue weighted by atomic mass is 10.1. The van der Waals surface area contributed by atoms with E-state index in [9.17, 15) is 10.1 Å². The SMILES string of the molecule is Cc1cnc(Cl)nc1-c1cn(C)c2cc([N+](=O)[O-])ccc12. The van der Waals surface area contributed by atoms with Crippen molar-refractivity contribution in [3.05, 3.63) is 51.6 Å². The van der Waals surface area contributed by atoms with Crippen LogP contribution in [-0.2, 0) is 7.05 Å². The maximum absolute atomic E-state index is 10.9. The first-order valence-corrected chi connectivity index (χ1v) is 6.58. The van der Waals surface area contributed by atoms with Crippen molar-refractivity contribution in [2.24, 2.45) is 7.05 Å². The maximum Gasteiger partial charge on any atom is 0.271 e. The Bertz CT molecular complexity index is 873. The number of aryl methyl sites for hydroxylation is 2. The van der Waals surface area contributed by atoms with E-state index in [0.29, 0.717) is 0 Å². The van der Waals surface area contributed by atoms with Crippen LogP contribution in [0.2, 0.25) is 5.28 Å². The van der Waals surface area contributed by atoms with Crippen molar-refractivity contribution in [3.8, 4) is 11.3 Å². The number of nitro groups is 1. The van der Waals surface area contributed by atoms with Crippen LogP contribution in [0.1, 0.15) is 5.56 Å². The molecule has 0 aliphatic heterocycles. The molecule has 0 N–H and O–H groups in total. The number of aromatic nitrogens is 3. The Morgan fingerprint density at radius 3 is 2.86 bits per heavy atom. The van der Waals surface area contributed by atoms with E-state index in [-0.39, 0.29) is 11.0 Å². The molecule has 106 valence electrons. The molecule has 0 bridgehead atoms. The number of fused-ring (bicyclic) bond motifs is 1. The van der Waals surface area contributed by atoms with Gasteiger partial charge in [0.2, 0.25) is 5.28 Å². The van der Waals surface area contributed by atoms with Gasteiger partial charge in [0.25, 0.3) is 5.69 Å². The third-order valence-corrected chi connectivity index (χ3v) is 3.56. The van der Waals surface area contributed by atoms with Crippen molar-refractivity contribution in [3.63, 3.8) is 0 Å². The third kappa shape index (κ3) is 2.23. The molecule has 6 nitrogen and oxygen atoms in total. The molecule has 21 heavy (non-hydrogen) atoms. The van der Waals surface area contributed by atoms with Gasteiger partial charge in [-0.2, -0.15) is 0 Å². The Labute approximate surface area is 125 Å². The molecule has 2 aromatic heterocycles. The molecule has 0 spiro atoms. The number of halogens is 1. The Hall–Kier alpha value is -2.47. The van der Waals surface area contributed by atoms with Gasteiger partial charge in [0.15, 0.2) is 0 Å². The zero-order chi connectivity index (χ0) is 15.1. The molecule has 0 unspecified atom stereocenters. The van der Waals surface area contributed by atoms with Gasteiger partial charge in [0, 0.05) is 42.5 Å². The molecule has 0 aliphatic carbocycles. The van der Waals surface area contributed by atoms with Crippen molar-refractivity contribution in [1.82, 2.24) is 14.5 Å². The molecule has 3 aromatic rings. The molecule has 7 heteroatoms. The van der Waals surface area contributed by atoms with Crippen LogP contribution in [0.4, 0.5) is 5.69 Å². The molecule has 0 aliphatic rings. The molecule has 0 saturated carbocycles. The van der Waals surface area contributed by atoms with Crippen LogP contribution in [0, 0.1) is 17.0 Å². The van der Waals surface area contributed by atoms with Crippen LogP contribution in [0.3, 0.4) is 0 Å². The van der Waals surface area contributed by atoms with E-state index < -0.39 is 4.92 Å². The van der Waals surface area contributed by atoms with E-state index in [2.05, 4.69) is 9.97 Å². The normalized spacial score (nSPS) is 11.0. The summed E-state index contributed by atoms with van der Waals surface area (Å²) in [5.74, 6) is 0. The molecular formula is C14H11ClN4O2. The van der Waals surface area contributed by atoms with Gasteiger partial charge in [0.05, 0.1) is 16.1 Å². The molecule has 0 saturated heterocycles. The van der Waals surface area contributed by atoms with Crippen LogP contribution < -0.4 is 0 Å². The average molecular weight is 303 g/mol. The largest absolute Gasteiger partial charge is 0.350 e. The van der Waals surface area contributed by atoms with E-state index in [1.165, 1.54) is 6.07 Å². The fourth-order valence-corrected chi connectivity index (χ4v) is 2.50. The summed E-state index contributed by atoms with van der Waals surface area (Å²) in [4.78, 5) is 18.7. The van der Waals surface area contributed by atoms with Crippen molar-refractivity contribution < 1.29 is 4.92 Å². The van der Waals surface area contributed by atoms with Crippen molar-refractivity contribution in [2.75, 3.05) is 0 Å². The minimum absolute atomic E-state index is 0.0627. The van der Waals surface area contributed by atoms with Crippen LogP contribution in [0.15, 0.2) is 30.6 Å². The number of non-ortho nitro benzene ring substituents is 1. The molecule has 2 heterocycles. The highest BCUT2D eigenvalue weighted by atomic mass is 35.5. The predicted molar refractivity (Wildman–Crippen MR) is 80.3 cm³/mol. The lowest BCUT2D eigenvalue weighted by Gasteiger charge is -2.03. The monoisotopic (exact) mass is 302 g/mol. The summed E-state index contributed by atoms with van der Waals surface area (Å²) in [5.41, 5.74) is 3.34. The molecule has 1 aromatic carbocycles. The van der Waals surface area contributed by atoms with Crippen LogP contribution >= 0.6 is 11.6 Å². The molecule has 0 fully saturated rings. The minimum atomic E-state index is -0.404. The Balaban J connectivity index is 2.29. The fourth-order valence-electron chi connectivity index (χ4n) is 2.37. The topological polar surface area (TPSA) is 73.8 Å². The van der Waals surface area contributed by atoms with Gasteiger partial charge in [-0.15, -0.1) is 0 Å². The quantitative estimate of drug-likeness (QED) is 0.412. The number of hydrogen-bond donors (Lipinski definition) is 0. The Kier molecular flexibility index (Phi) is 3.10. The second kappa shape index (κ2) is 4.82. The van der Waals surface area contributed by atoms with E-state index in [0.717, 1.165) is 27.7 Å². The number of nitrogens with zero attached hydrogens (tertiary/aromatic N) is 4. The van der Waals surface area contributed by atoms with Gasteiger partial charge < -0.3 is 4.57 Å². The zero-order valence-electron chi connectivity index (χ0n) is 11.4. The molecule has 0 amide bonds. The lowest BCUT2D eigenvalue weighted by molar-refractivity contribution is -0.384. The minimum Gasteiger partial charge on any atom is -0.350 e. The number of hydrogen-bond acceptors (Lipinski definition) is 4. The van der Waals surface area contributed by atoms with Gasteiger partial charge in [-0.05, 0) is 30.2 Å². The van der Waals surface area contributed by atoms with Crippen LogP contribution in [-0.4, -0.2) is 19.5 Å². The van der Waals surface area contributed by atoms with E-state index in [4.69, 9.17) is 11.6 Å². The summed E-state index contributed by atoms with van der Waals surface area (Å²) in [6.45, 7) is 1.90. The summed E-state index contributed by atoms with van der Waals surface area (Å²) >= 11 is 5.87. The van der Waals surface area contributed by atoms with Crippen molar-refractivity contribution in [2.45, 2.75) is 6.92 Å². The lowest BCUT2D eigenvalue weighted by Crippen LogP contribution is -1.91. The first-order valence-electron chi connectivity index (χ1n) is 6.20. The second-order valence-corrected chi connectivity index (χ2v) is 5.12. The molecule has 3 rings (SSSR count). The van der Waals surface area contributed by atoms with Crippen molar-refractivity contribution in [1.29, 1.82) is 0 Å². The molecular weight excluding hydrogens is 292 g/mol. The summed E-state index contributed by atoms with van der Waals surface area (Å²) in [6, 6.07) is 4.78. The maximum atomic E-state index is 10.9. The third-order valence-electron chi connectivity index (χ3n) is 3.38. The first-order chi connectivity index (χ1) is 9.97. The fraction of sp³-hybridized carbons (Fsp3) is 0.143. The van der Waals surface area contributed by atoms with Gasteiger partial charge in [-0.1, -0.05) is 0 Å². The van der Waals surface area contributed by atoms with Gasteiger partial charge >= 0.3 is 0 Å². The summed E-state index contributed by atoms with van der Waals surface area (Å²) in [5, 5.41) is 12.0. The highest BCUT2D eigenvalue weighted by Crippen LogP contribution is 2.33. The standard InChI is InChI=1S/C14H11ClN4O2/c1-8-6-16-14(15)17-13(8)11-7-18(2)12-5-9(19(20)21)3-4-10(11)12/h3-7H,1-2H3. The second-order valence-electron chi connectivity index (χ2n) is 4.78.